The molecule has 0 saturated heterocycles. The lowest BCUT2D eigenvalue weighted by atomic mass is 10.2. The first-order chi connectivity index (χ1) is 11.7. The Morgan fingerprint density at radius 2 is 1.50 bits per heavy atom. The molecule has 0 saturated carbocycles. The van der Waals surface area contributed by atoms with Gasteiger partial charge in [0.2, 0.25) is 0 Å². The molecule has 2 aromatic carbocycles. The third-order valence-corrected chi connectivity index (χ3v) is 4.75. The molecule has 0 fully saturated rings. The average molecular weight is 529 g/mol. The highest BCUT2D eigenvalue weighted by Gasteiger charge is 2.09. The van der Waals surface area contributed by atoms with Gasteiger partial charge in [0.25, 0.3) is 0 Å². The third-order valence-electron chi connectivity index (χ3n) is 3.57. The van der Waals surface area contributed by atoms with Crippen LogP contribution in [0.15, 0.2) is 51.4 Å². The molecule has 3 nitrogen and oxygen atoms in total. The van der Waals surface area contributed by atoms with Crippen molar-refractivity contribution < 1.29 is 4.74 Å². The molecule has 0 aliphatic heterocycles. The van der Waals surface area contributed by atoms with E-state index in [-0.39, 0.29) is 24.8 Å². The summed E-state index contributed by atoms with van der Waals surface area (Å²) in [4.78, 5) is 0. The zero-order valence-electron chi connectivity index (χ0n) is 14.8. The first-order valence-corrected chi connectivity index (χ1v) is 9.85. The SMILES string of the molecule is CCNCCCNCc1cc(Br)c(OCc2ccccc2)c(Br)c1.Cl.Cl. The third kappa shape index (κ3) is 9.07. The zero-order chi connectivity index (χ0) is 17.2. The number of hydrogen-bond donors (Lipinski definition) is 2. The summed E-state index contributed by atoms with van der Waals surface area (Å²) >= 11 is 7.24. The first-order valence-electron chi connectivity index (χ1n) is 8.26. The summed E-state index contributed by atoms with van der Waals surface area (Å²) in [5, 5.41) is 6.80. The van der Waals surface area contributed by atoms with E-state index in [1.54, 1.807) is 0 Å². The van der Waals surface area contributed by atoms with Gasteiger partial charge in [-0.3, -0.25) is 0 Å². The second-order valence-electron chi connectivity index (χ2n) is 5.55. The van der Waals surface area contributed by atoms with Gasteiger partial charge in [-0.05, 0) is 81.2 Å². The minimum atomic E-state index is 0. The molecule has 0 amide bonds. The fourth-order valence-corrected chi connectivity index (χ4v) is 3.84. The molecule has 0 heterocycles. The van der Waals surface area contributed by atoms with Gasteiger partial charge in [-0.2, -0.15) is 0 Å². The number of rotatable bonds is 10. The molecule has 7 heteroatoms. The van der Waals surface area contributed by atoms with E-state index in [0.29, 0.717) is 6.61 Å². The fourth-order valence-electron chi connectivity index (χ4n) is 2.33. The zero-order valence-corrected chi connectivity index (χ0v) is 19.6. The summed E-state index contributed by atoms with van der Waals surface area (Å²) in [6, 6.07) is 14.4. The van der Waals surface area contributed by atoms with Crippen molar-refractivity contribution in [3.8, 4) is 5.75 Å². The van der Waals surface area contributed by atoms with Gasteiger partial charge in [-0.15, -0.1) is 24.8 Å². The largest absolute Gasteiger partial charge is 0.487 e. The Balaban J connectivity index is 0.00000312. The number of benzene rings is 2. The van der Waals surface area contributed by atoms with Gasteiger partial charge < -0.3 is 15.4 Å². The van der Waals surface area contributed by atoms with Crippen LogP contribution >= 0.6 is 56.7 Å². The van der Waals surface area contributed by atoms with Crippen LogP contribution in [-0.4, -0.2) is 19.6 Å². The number of nitrogens with one attached hydrogen (secondary N) is 2. The van der Waals surface area contributed by atoms with Gasteiger partial charge in [0, 0.05) is 6.54 Å². The maximum atomic E-state index is 5.96. The van der Waals surface area contributed by atoms with E-state index < -0.39 is 0 Å². The van der Waals surface area contributed by atoms with Gasteiger partial charge in [0.15, 0.2) is 0 Å². The van der Waals surface area contributed by atoms with Gasteiger partial charge in [-0.25, -0.2) is 0 Å². The van der Waals surface area contributed by atoms with E-state index >= 15 is 0 Å². The van der Waals surface area contributed by atoms with Crippen LogP contribution in [0.4, 0.5) is 0 Å². The van der Waals surface area contributed by atoms with Crippen molar-refractivity contribution in [3.05, 3.63) is 62.5 Å². The van der Waals surface area contributed by atoms with Crippen LogP contribution in [0.25, 0.3) is 0 Å². The van der Waals surface area contributed by atoms with Crippen molar-refractivity contribution >= 4 is 56.7 Å². The number of ether oxygens (including phenoxy) is 1. The molecule has 146 valence electrons. The van der Waals surface area contributed by atoms with Crippen molar-refractivity contribution in [2.75, 3.05) is 19.6 Å². The highest BCUT2D eigenvalue weighted by atomic mass is 79.9. The van der Waals surface area contributed by atoms with Gasteiger partial charge in [0.05, 0.1) is 8.95 Å². The van der Waals surface area contributed by atoms with Crippen LogP contribution < -0.4 is 15.4 Å². The number of hydrogen-bond acceptors (Lipinski definition) is 3. The van der Waals surface area contributed by atoms with Crippen LogP contribution in [0.5, 0.6) is 5.75 Å². The summed E-state index contributed by atoms with van der Waals surface area (Å²) in [6.07, 6.45) is 1.13. The van der Waals surface area contributed by atoms with E-state index in [2.05, 4.69) is 73.7 Å². The average Bonchev–Trinajstić information content (AvgIpc) is 2.58. The highest BCUT2D eigenvalue weighted by molar-refractivity contribution is 9.11. The van der Waals surface area contributed by atoms with Crippen LogP contribution in [-0.2, 0) is 13.2 Å². The Kier molecular flexibility index (Phi) is 14.6. The lowest BCUT2D eigenvalue weighted by Crippen LogP contribution is -2.21. The molecule has 0 radical (unpaired) electrons. The molecule has 2 rings (SSSR count). The standard InChI is InChI=1S/C19H24Br2N2O.2ClH/c1-2-22-9-6-10-23-13-16-11-17(20)19(18(21)12-16)24-14-15-7-4-3-5-8-15;;/h3-5,7-8,11-12,22-23H,2,6,9-10,13-14H2,1H3;2*1H. The Bertz CT molecular complexity index is 607. The van der Waals surface area contributed by atoms with Gasteiger partial charge >= 0.3 is 0 Å². The minimum absolute atomic E-state index is 0. The predicted octanol–water partition coefficient (Wildman–Crippen LogP) is 5.72. The minimum Gasteiger partial charge on any atom is -0.487 e. The summed E-state index contributed by atoms with van der Waals surface area (Å²) in [6.45, 7) is 6.63. The quantitative estimate of drug-likeness (QED) is 0.387. The predicted molar refractivity (Wildman–Crippen MR) is 122 cm³/mol. The van der Waals surface area contributed by atoms with E-state index in [0.717, 1.165) is 52.9 Å². The van der Waals surface area contributed by atoms with E-state index in [1.807, 2.05) is 18.2 Å². The van der Waals surface area contributed by atoms with Crippen molar-refractivity contribution in [1.29, 1.82) is 0 Å². The smallest absolute Gasteiger partial charge is 0.148 e. The van der Waals surface area contributed by atoms with Gasteiger partial charge in [0.1, 0.15) is 12.4 Å². The molecule has 0 aromatic heterocycles. The Labute approximate surface area is 185 Å². The molecule has 2 aromatic rings. The second-order valence-corrected chi connectivity index (χ2v) is 7.26. The normalized spacial score (nSPS) is 9.96. The Morgan fingerprint density at radius 3 is 2.12 bits per heavy atom. The van der Waals surface area contributed by atoms with Gasteiger partial charge in [-0.1, -0.05) is 37.3 Å². The summed E-state index contributed by atoms with van der Waals surface area (Å²) in [5.74, 6) is 0.842. The maximum absolute atomic E-state index is 5.96. The van der Waals surface area contributed by atoms with Crippen molar-refractivity contribution in [2.45, 2.75) is 26.5 Å². The maximum Gasteiger partial charge on any atom is 0.148 e. The molecule has 0 bridgehead atoms. The van der Waals surface area contributed by atoms with Crippen molar-refractivity contribution in [2.24, 2.45) is 0 Å². The summed E-state index contributed by atoms with van der Waals surface area (Å²) in [7, 11) is 0. The van der Waals surface area contributed by atoms with Crippen LogP contribution in [0.1, 0.15) is 24.5 Å². The molecular formula is C19H26Br2Cl2N2O. The summed E-state index contributed by atoms with van der Waals surface area (Å²) in [5.41, 5.74) is 2.38. The summed E-state index contributed by atoms with van der Waals surface area (Å²) < 4.78 is 7.90. The van der Waals surface area contributed by atoms with Crippen LogP contribution in [0.3, 0.4) is 0 Å². The topological polar surface area (TPSA) is 33.3 Å². The monoisotopic (exact) mass is 526 g/mol. The molecule has 0 unspecified atom stereocenters. The number of halogens is 4. The van der Waals surface area contributed by atoms with E-state index in [9.17, 15) is 0 Å². The Hall–Kier alpha value is -0.300. The molecule has 0 spiro atoms. The van der Waals surface area contributed by atoms with E-state index in [4.69, 9.17) is 4.74 Å². The molecule has 0 aliphatic carbocycles. The Morgan fingerprint density at radius 1 is 0.885 bits per heavy atom. The molecule has 26 heavy (non-hydrogen) atoms. The van der Waals surface area contributed by atoms with Crippen LogP contribution in [0.2, 0.25) is 0 Å². The molecule has 0 atom stereocenters. The van der Waals surface area contributed by atoms with E-state index in [1.165, 1.54) is 5.56 Å². The lowest BCUT2D eigenvalue weighted by Gasteiger charge is -2.13. The fraction of sp³-hybridized carbons (Fsp3) is 0.368. The molecular weight excluding hydrogens is 503 g/mol. The second kappa shape index (κ2) is 14.7. The lowest BCUT2D eigenvalue weighted by molar-refractivity contribution is 0.302. The van der Waals surface area contributed by atoms with Crippen LogP contribution in [0, 0.1) is 0 Å². The first kappa shape index (κ1) is 25.7. The van der Waals surface area contributed by atoms with Crippen molar-refractivity contribution in [1.82, 2.24) is 10.6 Å². The highest BCUT2D eigenvalue weighted by Crippen LogP contribution is 2.35. The van der Waals surface area contributed by atoms with Crippen molar-refractivity contribution in [3.63, 3.8) is 0 Å². The molecule has 0 aliphatic rings. The molecule has 2 N–H and O–H groups in total.